The maximum absolute atomic E-state index is 12.8. The fraction of sp³-hybridized carbons (Fsp3) is 0.500. The van der Waals surface area contributed by atoms with E-state index in [2.05, 4.69) is 13.8 Å². The molecule has 2 aliphatic heterocycles. The molecule has 1 aromatic rings. The Labute approximate surface area is 125 Å². The minimum Gasteiger partial charge on any atom is -0.496 e. The van der Waals surface area contributed by atoms with Crippen LogP contribution in [0, 0.1) is 5.92 Å². The molecule has 21 heavy (non-hydrogen) atoms. The second-order valence-corrected chi connectivity index (χ2v) is 6.70. The van der Waals surface area contributed by atoms with Crippen LogP contribution in [-0.2, 0) is 9.53 Å². The molecule has 0 radical (unpaired) electrons. The Hall–Kier alpha value is -1.61. The van der Waals surface area contributed by atoms with Crippen LogP contribution in [0.15, 0.2) is 29.8 Å². The lowest BCUT2D eigenvalue weighted by Crippen LogP contribution is -2.60. The molecule has 3 aliphatic rings. The normalized spacial score (nSPS) is 32.5. The number of benzene rings is 1. The molecule has 2 atom stereocenters. The molecule has 1 saturated carbocycles. The molecular formula is C18H22O3. The van der Waals surface area contributed by atoms with Gasteiger partial charge in [-0.2, -0.15) is 0 Å². The van der Waals surface area contributed by atoms with Gasteiger partial charge in [-0.3, -0.25) is 4.79 Å². The molecule has 2 heterocycles. The third-order valence-corrected chi connectivity index (χ3v) is 4.81. The molecule has 3 fully saturated rings. The van der Waals surface area contributed by atoms with Gasteiger partial charge < -0.3 is 9.47 Å². The summed E-state index contributed by atoms with van der Waals surface area (Å²) in [6, 6.07) is 7.80. The third kappa shape index (κ3) is 2.20. The smallest absolute Gasteiger partial charge is 0.190 e. The van der Waals surface area contributed by atoms with Crippen LogP contribution in [-0.4, -0.2) is 24.1 Å². The van der Waals surface area contributed by atoms with Gasteiger partial charge >= 0.3 is 0 Å². The lowest BCUT2D eigenvalue weighted by molar-refractivity contribution is -0.206. The van der Waals surface area contributed by atoms with E-state index in [1.807, 2.05) is 37.3 Å². The number of ether oxygens (including phenoxy) is 2. The minimum atomic E-state index is -0.675. The van der Waals surface area contributed by atoms with Crippen LogP contribution in [0.5, 0.6) is 5.75 Å². The van der Waals surface area contributed by atoms with Gasteiger partial charge in [0.25, 0.3) is 0 Å². The van der Waals surface area contributed by atoms with Crippen molar-refractivity contribution in [3.8, 4) is 5.75 Å². The Morgan fingerprint density at radius 3 is 2.67 bits per heavy atom. The van der Waals surface area contributed by atoms with E-state index in [0.717, 1.165) is 29.7 Å². The summed E-state index contributed by atoms with van der Waals surface area (Å²) in [5, 5.41) is 0. The number of hydrogen-bond acceptors (Lipinski definition) is 3. The highest BCUT2D eigenvalue weighted by atomic mass is 16.5. The van der Waals surface area contributed by atoms with Gasteiger partial charge in [0.2, 0.25) is 0 Å². The second-order valence-electron chi connectivity index (χ2n) is 6.70. The molecule has 3 nitrogen and oxygen atoms in total. The summed E-state index contributed by atoms with van der Waals surface area (Å²) in [7, 11) is 1.65. The summed E-state index contributed by atoms with van der Waals surface area (Å²) in [4.78, 5) is 12.8. The lowest BCUT2D eigenvalue weighted by Gasteiger charge is -2.53. The first kappa shape index (κ1) is 14.3. The molecule has 0 aromatic heterocycles. The van der Waals surface area contributed by atoms with Gasteiger partial charge in [0.05, 0.1) is 12.7 Å². The predicted octanol–water partition coefficient (Wildman–Crippen LogP) is 3.63. The first-order chi connectivity index (χ1) is 9.87. The maximum atomic E-state index is 12.8. The van der Waals surface area contributed by atoms with Crippen molar-refractivity contribution in [2.75, 3.05) is 7.11 Å². The van der Waals surface area contributed by atoms with Gasteiger partial charge in [-0.05, 0) is 45.8 Å². The Bertz CT molecular complexity index is 615. The van der Waals surface area contributed by atoms with E-state index in [9.17, 15) is 4.79 Å². The van der Waals surface area contributed by atoms with Crippen molar-refractivity contribution < 1.29 is 14.3 Å². The molecule has 1 aliphatic carbocycles. The third-order valence-electron chi connectivity index (χ3n) is 4.81. The van der Waals surface area contributed by atoms with Gasteiger partial charge in [0, 0.05) is 17.1 Å². The standard InChI is InChI=1S/C18H22O3/c1-17(2)14-9-10-18(3,21-17)16(19)13(14)11-12-7-5-6-8-15(12)20-4/h5-8,11,14H,9-10H2,1-4H3/b13-11+. The SMILES string of the molecule is COc1ccccc1/C=C1/C(=O)C2(C)CCC1C(C)(C)O2. The van der Waals surface area contributed by atoms with E-state index >= 15 is 0 Å². The molecule has 1 aromatic carbocycles. The molecule has 0 amide bonds. The Morgan fingerprint density at radius 2 is 2.00 bits per heavy atom. The van der Waals surface area contributed by atoms with E-state index in [4.69, 9.17) is 9.47 Å². The van der Waals surface area contributed by atoms with Crippen LogP contribution in [0.3, 0.4) is 0 Å². The lowest BCUT2D eigenvalue weighted by atomic mass is 9.65. The van der Waals surface area contributed by atoms with Crippen LogP contribution in [0.1, 0.15) is 39.2 Å². The molecule has 3 heteroatoms. The summed E-state index contributed by atoms with van der Waals surface area (Å²) in [6.45, 7) is 6.08. The van der Waals surface area contributed by atoms with Crippen LogP contribution in [0.2, 0.25) is 0 Å². The fourth-order valence-electron chi connectivity index (χ4n) is 3.74. The zero-order chi connectivity index (χ0) is 15.3. The number of Topliss-reactive ketones (excluding diaryl/α,β-unsaturated/α-hetero) is 1. The number of hydrogen-bond donors (Lipinski definition) is 0. The number of rotatable bonds is 2. The van der Waals surface area contributed by atoms with Crippen molar-refractivity contribution in [1.82, 2.24) is 0 Å². The first-order valence-corrected chi connectivity index (χ1v) is 7.47. The van der Waals surface area contributed by atoms with Crippen LogP contribution in [0.4, 0.5) is 0 Å². The minimum absolute atomic E-state index is 0.129. The monoisotopic (exact) mass is 286 g/mol. The predicted molar refractivity (Wildman–Crippen MR) is 82.3 cm³/mol. The first-order valence-electron chi connectivity index (χ1n) is 7.47. The Kier molecular flexibility index (Phi) is 3.21. The van der Waals surface area contributed by atoms with Gasteiger partial charge in [-0.15, -0.1) is 0 Å². The topological polar surface area (TPSA) is 35.5 Å². The molecular weight excluding hydrogens is 264 g/mol. The van der Waals surface area contributed by atoms with Crippen molar-refractivity contribution in [2.24, 2.45) is 5.92 Å². The van der Waals surface area contributed by atoms with Gasteiger partial charge in [-0.1, -0.05) is 18.2 Å². The average molecular weight is 286 g/mol. The highest BCUT2D eigenvalue weighted by Crippen LogP contribution is 2.50. The molecule has 0 spiro atoms. The zero-order valence-corrected chi connectivity index (χ0v) is 13.1. The molecule has 112 valence electrons. The van der Waals surface area contributed by atoms with E-state index < -0.39 is 5.60 Å². The van der Waals surface area contributed by atoms with Gasteiger partial charge in [0.1, 0.15) is 11.4 Å². The molecule has 2 unspecified atom stereocenters. The highest BCUT2D eigenvalue weighted by Gasteiger charge is 2.56. The van der Waals surface area contributed by atoms with Crippen molar-refractivity contribution >= 4 is 11.9 Å². The van der Waals surface area contributed by atoms with Crippen LogP contribution in [0.25, 0.3) is 6.08 Å². The van der Waals surface area contributed by atoms with E-state index in [1.165, 1.54) is 0 Å². The fourth-order valence-corrected chi connectivity index (χ4v) is 3.74. The quantitative estimate of drug-likeness (QED) is 0.779. The van der Waals surface area contributed by atoms with Crippen molar-refractivity contribution in [3.05, 3.63) is 35.4 Å². The van der Waals surface area contributed by atoms with Gasteiger partial charge in [0.15, 0.2) is 5.78 Å². The second kappa shape index (κ2) is 4.70. The Morgan fingerprint density at radius 1 is 1.29 bits per heavy atom. The number of methoxy groups -OCH3 is 1. The summed E-state index contributed by atoms with van der Waals surface area (Å²) in [5.74, 6) is 1.07. The number of carbonyl (C=O) groups excluding carboxylic acids is 1. The summed E-state index contributed by atoms with van der Waals surface area (Å²) < 4.78 is 11.5. The van der Waals surface area contributed by atoms with E-state index in [0.29, 0.717) is 0 Å². The van der Waals surface area contributed by atoms with Crippen molar-refractivity contribution in [1.29, 1.82) is 0 Å². The van der Waals surface area contributed by atoms with E-state index in [1.54, 1.807) is 7.11 Å². The largest absolute Gasteiger partial charge is 0.496 e. The number of carbonyl (C=O) groups is 1. The summed E-state index contributed by atoms with van der Waals surface area (Å²) >= 11 is 0. The summed E-state index contributed by atoms with van der Waals surface area (Å²) in [6.07, 6.45) is 3.80. The number of fused-ring (bicyclic) bond motifs is 3. The molecule has 4 rings (SSSR count). The molecule has 2 bridgehead atoms. The van der Waals surface area contributed by atoms with Crippen molar-refractivity contribution in [3.63, 3.8) is 0 Å². The Balaban J connectivity index is 2.09. The number of para-hydroxylation sites is 1. The van der Waals surface area contributed by atoms with Crippen molar-refractivity contribution in [2.45, 2.75) is 44.8 Å². The zero-order valence-electron chi connectivity index (χ0n) is 13.1. The van der Waals surface area contributed by atoms with Crippen LogP contribution < -0.4 is 4.74 Å². The van der Waals surface area contributed by atoms with Crippen LogP contribution >= 0.6 is 0 Å². The highest BCUT2D eigenvalue weighted by molar-refractivity contribution is 6.07. The summed E-state index contributed by atoms with van der Waals surface area (Å²) in [5.41, 5.74) is 0.862. The van der Waals surface area contributed by atoms with E-state index in [-0.39, 0.29) is 17.3 Å². The number of ketones is 1. The van der Waals surface area contributed by atoms with Gasteiger partial charge in [-0.25, -0.2) is 0 Å². The average Bonchev–Trinajstić information content (AvgIpc) is 2.43. The maximum Gasteiger partial charge on any atom is 0.190 e. The molecule has 0 N–H and O–H groups in total. The molecule has 2 saturated heterocycles.